The smallest absolute Gasteiger partial charge is 0.355 e. The molecule has 0 heterocycles. The van der Waals surface area contributed by atoms with Crippen molar-refractivity contribution in [3.05, 3.63) is 102 Å². The second-order valence-electron chi connectivity index (χ2n) is 6.25. The summed E-state index contributed by atoms with van der Waals surface area (Å²) in [7, 11) is 0. The molecule has 3 rings (SSSR count). The summed E-state index contributed by atoms with van der Waals surface area (Å²) in [5.41, 5.74) is 1.57. The molecule has 0 aliphatic carbocycles. The molecular formula is C24H21NO4. The van der Waals surface area contributed by atoms with Crippen molar-refractivity contribution in [2.45, 2.75) is 13.5 Å². The van der Waals surface area contributed by atoms with Gasteiger partial charge in [-0.3, -0.25) is 4.79 Å². The van der Waals surface area contributed by atoms with Gasteiger partial charge in [-0.05, 0) is 29.8 Å². The molecule has 0 unspecified atom stereocenters. The van der Waals surface area contributed by atoms with E-state index in [0.717, 1.165) is 5.56 Å². The molecule has 0 bridgehead atoms. The number of rotatable bonds is 7. The van der Waals surface area contributed by atoms with Crippen molar-refractivity contribution in [2.75, 3.05) is 0 Å². The maximum absolute atomic E-state index is 12.6. The third-order valence-corrected chi connectivity index (χ3v) is 3.94. The normalized spacial score (nSPS) is 10.9. The van der Waals surface area contributed by atoms with Crippen molar-refractivity contribution in [1.29, 1.82) is 0 Å². The SMILES string of the molecule is CC(=O)N/C(=C/c1ccccc1)C(=O)OCc1ccccc1Oc1ccccc1. The second kappa shape index (κ2) is 9.90. The Kier molecular flexibility index (Phi) is 6.79. The Morgan fingerprint density at radius 2 is 1.48 bits per heavy atom. The van der Waals surface area contributed by atoms with E-state index in [1.54, 1.807) is 6.08 Å². The molecule has 0 aliphatic rings. The number of carbonyl (C=O) groups is 2. The van der Waals surface area contributed by atoms with E-state index in [1.807, 2.05) is 84.9 Å². The average molecular weight is 387 g/mol. The molecule has 0 spiro atoms. The maximum Gasteiger partial charge on any atom is 0.355 e. The van der Waals surface area contributed by atoms with Crippen molar-refractivity contribution < 1.29 is 19.1 Å². The molecule has 146 valence electrons. The first-order valence-corrected chi connectivity index (χ1v) is 9.14. The highest BCUT2D eigenvalue weighted by Gasteiger charge is 2.14. The Hall–Kier alpha value is -3.86. The molecule has 0 saturated carbocycles. The fourth-order valence-corrected chi connectivity index (χ4v) is 2.61. The van der Waals surface area contributed by atoms with E-state index < -0.39 is 5.97 Å². The van der Waals surface area contributed by atoms with Gasteiger partial charge in [-0.1, -0.05) is 66.7 Å². The first kappa shape index (κ1) is 19.9. The van der Waals surface area contributed by atoms with E-state index in [0.29, 0.717) is 17.1 Å². The van der Waals surface area contributed by atoms with Gasteiger partial charge in [0.25, 0.3) is 0 Å². The highest BCUT2D eigenvalue weighted by Crippen LogP contribution is 2.25. The molecule has 5 nitrogen and oxygen atoms in total. The summed E-state index contributed by atoms with van der Waals surface area (Å²) in [6.07, 6.45) is 1.58. The van der Waals surface area contributed by atoms with Crippen LogP contribution in [0.2, 0.25) is 0 Å². The van der Waals surface area contributed by atoms with Crippen LogP contribution in [0.4, 0.5) is 0 Å². The third-order valence-electron chi connectivity index (χ3n) is 3.94. The van der Waals surface area contributed by atoms with Crippen LogP contribution in [0.25, 0.3) is 6.08 Å². The minimum Gasteiger partial charge on any atom is -0.457 e. The van der Waals surface area contributed by atoms with Crippen LogP contribution in [0.15, 0.2) is 90.6 Å². The summed E-state index contributed by atoms with van der Waals surface area (Å²) < 4.78 is 11.3. The molecule has 1 amide bonds. The average Bonchev–Trinajstić information content (AvgIpc) is 2.73. The van der Waals surface area contributed by atoms with Gasteiger partial charge in [0.2, 0.25) is 5.91 Å². The van der Waals surface area contributed by atoms with Gasteiger partial charge in [0, 0.05) is 12.5 Å². The highest BCUT2D eigenvalue weighted by atomic mass is 16.5. The molecule has 0 aromatic heterocycles. The Morgan fingerprint density at radius 3 is 2.17 bits per heavy atom. The van der Waals surface area contributed by atoms with Gasteiger partial charge in [0.1, 0.15) is 23.8 Å². The van der Waals surface area contributed by atoms with E-state index in [2.05, 4.69) is 5.32 Å². The van der Waals surface area contributed by atoms with E-state index in [4.69, 9.17) is 9.47 Å². The molecule has 3 aromatic rings. The van der Waals surface area contributed by atoms with Crippen molar-refractivity contribution in [3.63, 3.8) is 0 Å². The van der Waals surface area contributed by atoms with Gasteiger partial charge < -0.3 is 14.8 Å². The molecule has 5 heteroatoms. The number of nitrogens with one attached hydrogen (secondary N) is 1. The zero-order chi connectivity index (χ0) is 20.5. The number of carbonyl (C=O) groups excluding carboxylic acids is 2. The summed E-state index contributed by atoms with van der Waals surface area (Å²) in [5.74, 6) is 0.310. The van der Waals surface area contributed by atoms with Crippen LogP contribution in [0.1, 0.15) is 18.1 Å². The van der Waals surface area contributed by atoms with Crippen LogP contribution >= 0.6 is 0 Å². The monoisotopic (exact) mass is 387 g/mol. The highest BCUT2D eigenvalue weighted by molar-refractivity contribution is 5.97. The number of benzene rings is 3. The molecule has 0 saturated heterocycles. The minimum absolute atomic E-state index is 0.00749. The lowest BCUT2D eigenvalue weighted by Crippen LogP contribution is -2.26. The number of hydrogen-bond donors (Lipinski definition) is 1. The number of amides is 1. The summed E-state index contributed by atoms with van der Waals surface area (Å²) in [4.78, 5) is 24.1. The van der Waals surface area contributed by atoms with Crippen LogP contribution in [-0.2, 0) is 20.9 Å². The minimum atomic E-state index is -0.626. The van der Waals surface area contributed by atoms with Crippen molar-refractivity contribution in [3.8, 4) is 11.5 Å². The van der Waals surface area contributed by atoms with Crippen LogP contribution in [0, 0.1) is 0 Å². The lowest BCUT2D eigenvalue weighted by molar-refractivity contribution is -0.141. The predicted molar refractivity (Wildman–Crippen MR) is 111 cm³/mol. The van der Waals surface area contributed by atoms with Crippen LogP contribution in [0.5, 0.6) is 11.5 Å². The third kappa shape index (κ3) is 6.07. The number of ether oxygens (including phenoxy) is 2. The standard InChI is InChI=1S/C24H21NO4/c1-18(26)25-22(16-19-10-4-2-5-11-19)24(27)28-17-20-12-8-9-15-23(20)29-21-13-6-3-7-14-21/h2-16H,17H2,1H3,(H,25,26)/b22-16+. The largest absolute Gasteiger partial charge is 0.457 e. The van der Waals surface area contributed by atoms with Gasteiger partial charge in [0.05, 0.1) is 0 Å². The van der Waals surface area contributed by atoms with Crippen LogP contribution in [-0.4, -0.2) is 11.9 Å². The fraction of sp³-hybridized carbons (Fsp3) is 0.0833. The molecule has 29 heavy (non-hydrogen) atoms. The lowest BCUT2D eigenvalue weighted by Gasteiger charge is -2.13. The van der Waals surface area contributed by atoms with Gasteiger partial charge in [-0.15, -0.1) is 0 Å². The van der Waals surface area contributed by atoms with Gasteiger partial charge in [-0.25, -0.2) is 4.79 Å². The molecule has 1 N–H and O–H groups in total. The Balaban J connectivity index is 1.73. The molecule has 0 atom stereocenters. The second-order valence-corrected chi connectivity index (χ2v) is 6.25. The van der Waals surface area contributed by atoms with E-state index in [-0.39, 0.29) is 18.2 Å². The van der Waals surface area contributed by atoms with Crippen LogP contribution < -0.4 is 10.1 Å². The van der Waals surface area contributed by atoms with E-state index in [9.17, 15) is 9.59 Å². The van der Waals surface area contributed by atoms with E-state index >= 15 is 0 Å². The summed E-state index contributed by atoms with van der Waals surface area (Å²) >= 11 is 0. The Bertz CT molecular complexity index is 998. The fourth-order valence-electron chi connectivity index (χ4n) is 2.61. The first-order chi connectivity index (χ1) is 14.1. The van der Waals surface area contributed by atoms with E-state index in [1.165, 1.54) is 6.92 Å². The van der Waals surface area contributed by atoms with Crippen molar-refractivity contribution in [2.24, 2.45) is 0 Å². The summed E-state index contributed by atoms with van der Waals surface area (Å²) in [5, 5.41) is 2.54. The lowest BCUT2D eigenvalue weighted by atomic mass is 10.2. The molecular weight excluding hydrogens is 366 g/mol. The molecule has 0 radical (unpaired) electrons. The Labute approximate surface area is 169 Å². The van der Waals surface area contributed by atoms with Gasteiger partial charge in [-0.2, -0.15) is 0 Å². The first-order valence-electron chi connectivity index (χ1n) is 9.14. The molecule has 0 fully saturated rings. The zero-order valence-corrected chi connectivity index (χ0v) is 16.0. The number of para-hydroxylation sites is 2. The summed E-state index contributed by atoms with van der Waals surface area (Å²) in [6.45, 7) is 1.35. The predicted octanol–water partition coefficient (Wildman–Crippen LogP) is 4.70. The van der Waals surface area contributed by atoms with Gasteiger partial charge >= 0.3 is 5.97 Å². The van der Waals surface area contributed by atoms with Crippen LogP contribution in [0.3, 0.4) is 0 Å². The quantitative estimate of drug-likeness (QED) is 0.471. The molecule has 0 aliphatic heterocycles. The zero-order valence-electron chi connectivity index (χ0n) is 16.0. The van der Waals surface area contributed by atoms with Gasteiger partial charge in [0.15, 0.2) is 0 Å². The molecule has 3 aromatic carbocycles. The number of hydrogen-bond acceptors (Lipinski definition) is 4. The van der Waals surface area contributed by atoms with Crippen molar-refractivity contribution in [1.82, 2.24) is 5.32 Å². The topological polar surface area (TPSA) is 64.6 Å². The maximum atomic E-state index is 12.6. The number of esters is 1. The summed E-state index contributed by atoms with van der Waals surface area (Å²) in [6, 6.07) is 25.9. The Morgan fingerprint density at radius 1 is 0.862 bits per heavy atom. The van der Waals surface area contributed by atoms with Crippen molar-refractivity contribution >= 4 is 18.0 Å².